The molecule has 1 heterocycles. The maximum absolute atomic E-state index is 10.7. The number of rotatable bonds is 1. The minimum atomic E-state index is -0.520. The zero-order chi connectivity index (χ0) is 8.55. The Morgan fingerprint density at radius 3 is 2.75 bits per heavy atom. The molecule has 0 spiro atoms. The fraction of sp³-hybridized carbons (Fsp3) is 0. The van der Waals surface area contributed by atoms with Gasteiger partial charge in [0, 0.05) is 16.7 Å². The number of amides is 1. The molecule has 1 aliphatic rings. The summed E-state index contributed by atoms with van der Waals surface area (Å²) in [5, 5.41) is 4.20. The van der Waals surface area contributed by atoms with Gasteiger partial charge < -0.3 is 5.73 Å². The summed E-state index contributed by atoms with van der Waals surface area (Å²) in [6.07, 6.45) is 0. The molecule has 12 heavy (non-hydrogen) atoms. The Labute approximate surface area is 67.5 Å². The van der Waals surface area contributed by atoms with Crippen LogP contribution in [-0.2, 0) is 5.04 Å². The number of primary amides is 1. The second-order valence-corrected chi connectivity index (χ2v) is 2.26. The fourth-order valence-corrected chi connectivity index (χ4v) is 0.886. The van der Waals surface area contributed by atoms with Crippen molar-refractivity contribution < 1.29 is 19.6 Å². The first-order chi connectivity index (χ1) is 5.77. The van der Waals surface area contributed by atoms with Crippen molar-refractivity contribution in [2.75, 3.05) is 0 Å². The Hall–Kier alpha value is -1.75. The highest BCUT2D eigenvalue weighted by Crippen LogP contribution is 2.32. The van der Waals surface area contributed by atoms with E-state index in [-0.39, 0.29) is 0 Å². The van der Waals surface area contributed by atoms with E-state index in [4.69, 9.17) is 5.73 Å². The van der Waals surface area contributed by atoms with Crippen LogP contribution in [0.4, 0.5) is 0 Å². The summed E-state index contributed by atoms with van der Waals surface area (Å²) < 4.78 is 0. The smallest absolute Gasteiger partial charge is 0.248 e. The molecule has 2 N–H and O–H groups in total. The zero-order valence-electron chi connectivity index (χ0n) is 5.94. The summed E-state index contributed by atoms with van der Waals surface area (Å²) in [6.45, 7) is 0. The van der Waals surface area contributed by atoms with Crippen LogP contribution < -0.4 is 15.5 Å². The summed E-state index contributed by atoms with van der Waals surface area (Å²) in [5.74, 6) is 0.264. The average molecular weight is 167 g/mol. The largest absolute Gasteiger partial charge is 0.366 e. The Morgan fingerprint density at radius 1 is 1.25 bits per heavy atom. The maximum atomic E-state index is 10.7. The molecule has 62 valence electrons. The van der Waals surface area contributed by atoms with Gasteiger partial charge in [0.15, 0.2) is 0 Å². The van der Waals surface area contributed by atoms with Crippen LogP contribution in [-0.4, -0.2) is 5.91 Å². The Bertz CT molecular complexity index is 336. The van der Waals surface area contributed by atoms with Gasteiger partial charge in [-0.3, -0.25) is 14.6 Å². The van der Waals surface area contributed by atoms with E-state index < -0.39 is 5.91 Å². The predicted octanol–water partition coefficient (Wildman–Crippen LogP) is 0.403. The first-order valence-corrected chi connectivity index (χ1v) is 3.22. The third kappa shape index (κ3) is 0.960. The van der Waals surface area contributed by atoms with E-state index >= 15 is 0 Å². The Balaban J connectivity index is 2.45. The number of fused-ring (bicyclic) bond motifs is 1. The lowest BCUT2D eigenvalue weighted by Gasteiger charge is -1.94. The van der Waals surface area contributed by atoms with Gasteiger partial charge in [0.2, 0.25) is 17.4 Å². The van der Waals surface area contributed by atoms with Crippen molar-refractivity contribution >= 4 is 5.91 Å². The van der Waals surface area contributed by atoms with Crippen LogP contribution in [0.25, 0.3) is 0 Å². The highest BCUT2D eigenvalue weighted by atomic mass is 17.5. The Kier molecular flexibility index (Phi) is 1.38. The molecule has 1 aromatic rings. The van der Waals surface area contributed by atoms with Crippen molar-refractivity contribution in [1.29, 1.82) is 0 Å². The molecule has 5 heteroatoms. The molecule has 0 unspecified atom stereocenters. The SMILES string of the molecule is NC(=O)c1ccc2c(c1)OOO2. The first-order valence-electron chi connectivity index (χ1n) is 3.22. The molecule has 1 aromatic carbocycles. The van der Waals surface area contributed by atoms with Crippen molar-refractivity contribution in [1.82, 2.24) is 0 Å². The topological polar surface area (TPSA) is 70.8 Å². The van der Waals surface area contributed by atoms with E-state index in [1.54, 1.807) is 6.07 Å². The molecular formula is C7H5NO4. The Morgan fingerprint density at radius 2 is 2.00 bits per heavy atom. The second-order valence-electron chi connectivity index (χ2n) is 2.26. The van der Waals surface area contributed by atoms with E-state index in [1.807, 2.05) is 0 Å². The molecule has 0 atom stereocenters. The lowest BCUT2D eigenvalue weighted by Crippen LogP contribution is -2.10. The van der Waals surface area contributed by atoms with Crippen LogP contribution in [0.2, 0.25) is 0 Å². The van der Waals surface area contributed by atoms with E-state index in [2.05, 4.69) is 14.8 Å². The molecule has 0 saturated carbocycles. The summed E-state index contributed by atoms with van der Waals surface area (Å²) in [6, 6.07) is 4.52. The van der Waals surface area contributed by atoms with Crippen LogP contribution in [0.15, 0.2) is 18.2 Å². The molecule has 2 rings (SSSR count). The quantitative estimate of drug-likeness (QED) is 0.614. The van der Waals surface area contributed by atoms with Gasteiger partial charge in [0.05, 0.1) is 0 Å². The lowest BCUT2D eigenvalue weighted by atomic mass is 10.2. The van der Waals surface area contributed by atoms with Crippen molar-refractivity contribution in [2.45, 2.75) is 0 Å². The first kappa shape index (κ1) is 6.93. The monoisotopic (exact) mass is 167 g/mol. The number of benzene rings is 1. The number of nitrogens with two attached hydrogens (primary N) is 1. The normalized spacial score (nSPS) is 13.0. The molecule has 0 aliphatic carbocycles. The molecule has 0 bridgehead atoms. The number of carbonyl (C=O) groups is 1. The third-order valence-electron chi connectivity index (χ3n) is 1.48. The van der Waals surface area contributed by atoms with Gasteiger partial charge in [-0.05, 0) is 12.1 Å². The molecule has 0 fully saturated rings. The molecule has 0 aromatic heterocycles. The molecule has 5 nitrogen and oxygen atoms in total. The zero-order valence-corrected chi connectivity index (χ0v) is 5.94. The van der Waals surface area contributed by atoms with Gasteiger partial charge in [-0.1, -0.05) is 0 Å². The van der Waals surface area contributed by atoms with Crippen LogP contribution in [0.3, 0.4) is 0 Å². The van der Waals surface area contributed by atoms with Crippen LogP contribution in [0.1, 0.15) is 10.4 Å². The van der Waals surface area contributed by atoms with Gasteiger partial charge in [-0.25, -0.2) is 0 Å². The standard InChI is InChI=1S/C7H5NO4/c8-7(9)4-1-2-5-6(3-4)11-12-10-5/h1-3H,(H2,8,9). The van der Waals surface area contributed by atoms with Crippen molar-refractivity contribution in [3.05, 3.63) is 23.8 Å². The minimum absolute atomic E-state index is 0.350. The lowest BCUT2D eigenvalue weighted by molar-refractivity contribution is -0.384. The van der Waals surface area contributed by atoms with Crippen molar-refractivity contribution in [3.63, 3.8) is 0 Å². The molecule has 1 aliphatic heterocycles. The summed E-state index contributed by atoms with van der Waals surface area (Å²) >= 11 is 0. The highest BCUT2D eigenvalue weighted by Gasteiger charge is 2.17. The highest BCUT2D eigenvalue weighted by molar-refractivity contribution is 5.93. The molecule has 0 saturated heterocycles. The number of hydrogen-bond donors (Lipinski definition) is 1. The van der Waals surface area contributed by atoms with Crippen LogP contribution >= 0.6 is 0 Å². The van der Waals surface area contributed by atoms with E-state index in [0.29, 0.717) is 17.1 Å². The van der Waals surface area contributed by atoms with Gasteiger partial charge in [-0.2, -0.15) is 0 Å². The predicted molar refractivity (Wildman–Crippen MR) is 37.3 cm³/mol. The summed E-state index contributed by atoms with van der Waals surface area (Å²) in [7, 11) is 0. The molecule has 0 radical (unpaired) electrons. The van der Waals surface area contributed by atoms with Gasteiger partial charge in [-0.15, -0.1) is 0 Å². The van der Waals surface area contributed by atoms with Crippen LogP contribution in [0.5, 0.6) is 11.5 Å². The van der Waals surface area contributed by atoms with E-state index in [9.17, 15) is 4.79 Å². The summed E-state index contributed by atoms with van der Waals surface area (Å²) in [4.78, 5) is 19.8. The number of carbonyl (C=O) groups excluding carboxylic acids is 1. The average Bonchev–Trinajstić information content (AvgIpc) is 2.49. The van der Waals surface area contributed by atoms with Gasteiger partial charge in [0.1, 0.15) is 0 Å². The third-order valence-corrected chi connectivity index (χ3v) is 1.48. The second kappa shape index (κ2) is 2.38. The van der Waals surface area contributed by atoms with Gasteiger partial charge in [0.25, 0.3) is 0 Å². The maximum Gasteiger partial charge on any atom is 0.248 e. The van der Waals surface area contributed by atoms with Crippen molar-refractivity contribution in [2.24, 2.45) is 5.73 Å². The molecular weight excluding hydrogens is 162 g/mol. The van der Waals surface area contributed by atoms with Crippen LogP contribution in [0, 0.1) is 0 Å². The van der Waals surface area contributed by atoms with E-state index in [0.717, 1.165) is 0 Å². The summed E-state index contributed by atoms with van der Waals surface area (Å²) in [5.41, 5.74) is 5.38. The fourth-order valence-electron chi connectivity index (χ4n) is 0.886. The van der Waals surface area contributed by atoms with E-state index in [1.165, 1.54) is 12.1 Å². The van der Waals surface area contributed by atoms with Crippen molar-refractivity contribution in [3.8, 4) is 11.5 Å². The number of hydrogen-bond acceptors (Lipinski definition) is 4. The molecule has 1 amide bonds. The minimum Gasteiger partial charge on any atom is -0.366 e. The van der Waals surface area contributed by atoms with Gasteiger partial charge >= 0.3 is 0 Å².